The van der Waals surface area contributed by atoms with Gasteiger partial charge < -0.3 is 20.3 Å². The van der Waals surface area contributed by atoms with E-state index in [9.17, 15) is 9.59 Å². The number of carbonyl (C=O) groups is 2. The SMILES string of the molecule is CC(NC(=O)NC(C)C(C)C(=O)O)c1nncn1C. The van der Waals surface area contributed by atoms with E-state index in [4.69, 9.17) is 5.11 Å². The summed E-state index contributed by atoms with van der Waals surface area (Å²) < 4.78 is 1.70. The lowest BCUT2D eigenvalue weighted by molar-refractivity contribution is -0.141. The second-order valence-electron chi connectivity index (χ2n) is 4.56. The van der Waals surface area contributed by atoms with Crippen LogP contribution in [0, 0.1) is 5.92 Å². The van der Waals surface area contributed by atoms with Gasteiger partial charge in [0.25, 0.3) is 0 Å². The number of hydrogen-bond donors (Lipinski definition) is 3. The van der Waals surface area contributed by atoms with Crippen LogP contribution >= 0.6 is 0 Å². The highest BCUT2D eigenvalue weighted by atomic mass is 16.4. The average Bonchev–Trinajstić information content (AvgIpc) is 2.73. The van der Waals surface area contributed by atoms with E-state index < -0.39 is 24.0 Å². The van der Waals surface area contributed by atoms with E-state index in [0.717, 1.165) is 0 Å². The molecule has 3 N–H and O–H groups in total. The van der Waals surface area contributed by atoms with Gasteiger partial charge in [0.1, 0.15) is 6.33 Å². The second-order valence-corrected chi connectivity index (χ2v) is 4.56. The first-order valence-electron chi connectivity index (χ1n) is 5.96. The number of hydrogen-bond acceptors (Lipinski definition) is 4. The molecule has 1 aromatic rings. The fraction of sp³-hybridized carbons (Fsp3) is 0.636. The van der Waals surface area contributed by atoms with E-state index in [1.165, 1.54) is 0 Å². The van der Waals surface area contributed by atoms with Crippen LogP contribution < -0.4 is 10.6 Å². The first-order chi connectivity index (χ1) is 8.82. The van der Waals surface area contributed by atoms with Crippen LogP contribution in [0.5, 0.6) is 0 Å². The van der Waals surface area contributed by atoms with Gasteiger partial charge in [0, 0.05) is 13.1 Å². The lowest BCUT2D eigenvalue weighted by atomic mass is 10.0. The highest BCUT2D eigenvalue weighted by Crippen LogP contribution is 2.07. The fourth-order valence-electron chi connectivity index (χ4n) is 1.53. The van der Waals surface area contributed by atoms with Crippen LogP contribution in [0.4, 0.5) is 4.79 Å². The fourth-order valence-corrected chi connectivity index (χ4v) is 1.53. The van der Waals surface area contributed by atoms with Crippen molar-refractivity contribution in [1.29, 1.82) is 0 Å². The number of aromatic nitrogens is 3. The number of urea groups is 1. The summed E-state index contributed by atoms with van der Waals surface area (Å²) in [4.78, 5) is 22.5. The number of amides is 2. The second kappa shape index (κ2) is 6.17. The van der Waals surface area contributed by atoms with Crippen molar-refractivity contribution in [1.82, 2.24) is 25.4 Å². The molecule has 0 aromatic carbocycles. The van der Waals surface area contributed by atoms with Crippen LogP contribution in [0.2, 0.25) is 0 Å². The topological polar surface area (TPSA) is 109 Å². The van der Waals surface area contributed by atoms with Crippen molar-refractivity contribution in [2.75, 3.05) is 0 Å². The molecule has 1 aromatic heterocycles. The van der Waals surface area contributed by atoms with E-state index in [0.29, 0.717) is 5.82 Å². The predicted molar refractivity (Wildman–Crippen MR) is 67.3 cm³/mol. The molecule has 0 aliphatic rings. The third kappa shape index (κ3) is 3.94. The van der Waals surface area contributed by atoms with Gasteiger partial charge >= 0.3 is 12.0 Å². The normalized spacial score (nSPS) is 15.4. The number of carboxylic acids is 1. The zero-order valence-corrected chi connectivity index (χ0v) is 11.4. The van der Waals surface area contributed by atoms with Crippen molar-refractivity contribution >= 4 is 12.0 Å². The van der Waals surface area contributed by atoms with Gasteiger partial charge in [-0.05, 0) is 20.8 Å². The molecule has 8 heteroatoms. The molecule has 0 fully saturated rings. The van der Waals surface area contributed by atoms with Gasteiger partial charge in [-0.3, -0.25) is 4.79 Å². The predicted octanol–water partition coefficient (Wildman–Crippen LogP) is 0.285. The van der Waals surface area contributed by atoms with Gasteiger partial charge in [0.05, 0.1) is 12.0 Å². The summed E-state index contributed by atoms with van der Waals surface area (Å²) in [5.41, 5.74) is 0. The molecule has 1 heterocycles. The number of rotatable bonds is 5. The molecule has 19 heavy (non-hydrogen) atoms. The highest BCUT2D eigenvalue weighted by Gasteiger charge is 2.22. The minimum absolute atomic E-state index is 0.320. The van der Waals surface area contributed by atoms with E-state index >= 15 is 0 Å². The van der Waals surface area contributed by atoms with Gasteiger partial charge in [0.15, 0.2) is 5.82 Å². The monoisotopic (exact) mass is 269 g/mol. The Morgan fingerprint density at radius 1 is 1.32 bits per heavy atom. The molecule has 0 saturated carbocycles. The average molecular weight is 269 g/mol. The summed E-state index contributed by atoms with van der Waals surface area (Å²) >= 11 is 0. The number of carbonyl (C=O) groups excluding carboxylic acids is 1. The van der Waals surface area contributed by atoms with Crippen LogP contribution in [0.15, 0.2) is 6.33 Å². The molecule has 0 radical (unpaired) electrons. The minimum Gasteiger partial charge on any atom is -0.481 e. The maximum atomic E-state index is 11.7. The first kappa shape index (κ1) is 14.9. The van der Waals surface area contributed by atoms with Gasteiger partial charge in [-0.1, -0.05) is 0 Å². The maximum Gasteiger partial charge on any atom is 0.315 e. The summed E-state index contributed by atoms with van der Waals surface area (Å²) in [5.74, 6) is -0.987. The molecule has 0 aliphatic carbocycles. The smallest absolute Gasteiger partial charge is 0.315 e. The Morgan fingerprint density at radius 2 is 1.95 bits per heavy atom. The zero-order valence-electron chi connectivity index (χ0n) is 11.4. The molecular weight excluding hydrogens is 250 g/mol. The number of nitrogens with zero attached hydrogens (tertiary/aromatic N) is 3. The Morgan fingerprint density at radius 3 is 2.42 bits per heavy atom. The Bertz CT molecular complexity index is 459. The number of aryl methyl sites for hydroxylation is 1. The summed E-state index contributed by atoms with van der Waals surface area (Å²) in [6.45, 7) is 4.96. The Hall–Kier alpha value is -2.12. The lowest BCUT2D eigenvalue weighted by Gasteiger charge is -2.20. The molecule has 106 valence electrons. The van der Waals surface area contributed by atoms with Crippen molar-refractivity contribution in [2.24, 2.45) is 13.0 Å². The third-order valence-electron chi connectivity index (χ3n) is 2.98. The van der Waals surface area contributed by atoms with E-state index in [-0.39, 0.29) is 6.04 Å². The standard InChI is InChI=1S/C11H19N5O3/c1-6(10(17)18)7(2)13-11(19)14-8(3)9-15-12-5-16(9)4/h5-8H,1-4H3,(H,17,18)(H2,13,14,19). The summed E-state index contributed by atoms with van der Waals surface area (Å²) in [5, 5.41) is 21.7. The molecule has 2 amide bonds. The van der Waals surface area contributed by atoms with E-state index in [2.05, 4.69) is 20.8 Å². The van der Waals surface area contributed by atoms with Crippen LogP contribution in [0.25, 0.3) is 0 Å². The zero-order chi connectivity index (χ0) is 14.6. The Labute approximate surface area is 111 Å². The molecule has 0 saturated heterocycles. The molecule has 3 atom stereocenters. The first-order valence-corrected chi connectivity index (χ1v) is 5.96. The van der Waals surface area contributed by atoms with Crippen molar-refractivity contribution in [3.05, 3.63) is 12.2 Å². The Kier molecular flexibility index (Phi) is 4.85. The molecule has 3 unspecified atom stereocenters. The number of carboxylic acid groups (broad SMARTS) is 1. The number of nitrogens with one attached hydrogen (secondary N) is 2. The van der Waals surface area contributed by atoms with Crippen molar-refractivity contribution in [3.63, 3.8) is 0 Å². The van der Waals surface area contributed by atoms with Crippen LogP contribution in [0.1, 0.15) is 32.6 Å². The van der Waals surface area contributed by atoms with Crippen molar-refractivity contribution < 1.29 is 14.7 Å². The number of aliphatic carboxylic acids is 1. The van der Waals surface area contributed by atoms with Crippen molar-refractivity contribution in [2.45, 2.75) is 32.9 Å². The third-order valence-corrected chi connectivity index (χ3v) is 2.98. The summed E-state index contributed by atoms with van der Waals surface area (Å²) in [6.07, 6.45) is 1.54. The van der Waals surface area contributed by atoms with Gasteiger partial charge in [-0.25, -0.2) is 4.79 Å². The molecule has 1 rings (SSSR count). The molecule has 0 aliphatic heterocycles. The van der Waals surface area contributed by atoms with Gasteiger partial charge in [-0.15, -0.1) is 10.2 Å². The van der Waals surface area contributed by atoms with Gasteiger partial charge in [0.2, 0.25) is 0 Å². The van der Waals surface area contributed by atoms with Crippen LogP contribution in [-0.2, 0) is 11.8 Å². The van der Waals surface area contributed by atoms with E-state index in [1.54, 1.807) is 38.7 Å². The quantitative estimate of drug-likeness (QED) is 0.711. The molecular formula is C11H19N5O3. The minimum atomic E-state index is -0.950. The Balaban J connectivity index is 2.52. The molecule has 0 spiro atoms. The van der Waals surface area contributed by atoms with Gasteiger partial charge in [-0.2, -0.15) is 0 Å². The largest absolute Gasteiger partial charge is 0.481 e. The lowest BCUT2D eigenvalue weighted by Crippen LogP contribution is -2.46. The molecule has 0 bridgehead atoms. The van der Waals surface area contributed by atoms with Crippen LogP contribution in [0.3, 0.4) is 0 Å². The van der Waals surface area contributed by atoms with Crippen molar-refractivity contribution in [3.8, 4) is 0 Å². The highest BCUT2D eigenvalue weighted by molar-refractivity contribution is 5.76. The molecule has 8 nitrogen and oxygen atoms in total. The van der Waals surface area contributed by atoms with E-state index in [1.807, 2.05) is 0 Å². The van der Waals surface area contributed by atoms with Crippen LogP contribution in [-0.4, -0.2) is 37.9 Å². The maximum absolute atomic E-state index is 11.7. The summed E-state index contributed by atoms with van der Waals surface area (Å²) in [6, 6.07) is -1.22. The summed E-state index contributed by atoms with van der Waals surface area (Å²) in [7, 11) is 1.78.